The van der Waals surface area contributed by atoms with Crippen molar-refractivity contribution in [2.75, 3.05) is 13.1 Å². The normalized spacial score (nSPS) is 24.0. The maximum Gasteiger partial charge on any atom is 0.306 e. The molecule has 4 heteroatoms. The van der Waals surface area contributed by atoms with Gasteiger partial charge in [-0.1, -0.05) is 18.9 Å². The third-order valence-corrected chi connectivity index (χ3v) is 4.70. The van der Waals surface area contributed by atoms with Gasteiger partial charge in [-0.25, -0.2) is 0 Å². The molecule has 0 saturated heterocycles. The minimum atomic E-state index is -0.611. The number of carbonyl (C=O) groups is 1. The van der Waals surface area contributed by atoms with Crippen molar-refractivity contribution < 1.29 is 9.90 Å². The van der Waals surface area contributed by atoms with E-state index in [0.717, 1.165) is 38.8 Å². The van der Waals surface area contributed by atoms with Crippen LogP contribution in [0.3, 0.4) is 0 Å². The molecule has 0 spiro atoms. The molecule has 3 nitrogen and oxygen atoms in total. The highest BCUT2D eigenvalue weighted by molar-refractivity contribution is 7.09. The van der Waals surface area contributed by atoms with E-state index in [1.807, 2.05) is 0 Å². The Hall–Kier alpha value is -0.870. The summed E-state index contributed by atoms with van der Waals surface area (Å²) in [6.07, 6.45) is 5.21. The van der Waals surface area contributed by atoms with Crippen LogP contribution in [0, 0.1) is 11.8 Å². The molecule has 1 fully saturated rings. The number of carboxylic acid groups (broad SMARTS) is 1. The minimum Gasteiger partial charge on any atom is -0.481 e. The molecule has 0 aromatic carbocycles. The van der Waals surface area contributed by atoms with Gasteiger partial charge >= 0.3 is 5.97 Å². The summed E-state index contributed by atoms with van der Waals surface area (Å²) in [5, 5.41) is 14.7. The third kappa shape index (κ3) is 3.82. The number of aliphatic carboxylic acids is 1. The number of nitrogens with one attached hydrogen (secondary N) is 1. The smallest absolute Gasteiger partial charge is 0.306 e. The Morgan fingerprint density at radius 3 is 3.00 bits per heavy atom. The van der Waals surface area contributed by atoms with Crippen molar-refractivity contribution in [3.63, 3.8) is 0 Å². The second-order valence-electron chi connectivity index (χ2n) is 5.02. The van der Waals surface area contributed by atoms with Gasteiger partial charge in [-0.05, 0) is 49.7 Å². The van der Waals surface area contributed by atoms with E-state index in [0.29, 0.717) is 5.92 Å². The van der Waals surface area contributed by atoms with Crippen molar-refractivity contribution in [3.8, 4) is 0 Å². The molecule has 2 rings (SSSR count). The molecule has 1 heterocycles. The monoisotopic (exact) mass is 267 g/mol. The van der Waals surface area contributed by atoms with E-state index in [1.54, 1.807) is 11.3 Å². The molecular weight excluding hydrogens is 246 g/mol. The van der Waals surface area contributed by atoms with E-state index in [1.165, 1.54) is 11.3 Å². The van der Waals surface area contributed by atoms with Gasteiger partial charge in [-0.15, -0.1) is 11.3 Å². The van der Waals surface area contributed by atoms with Gasteiger partial charge in [0, 0.05) is 4.88 Å². The van der Waals surface area contributed by atoms with Gasteiger partial charge in [0.25, 0.3) is 0 Å². The summed E-state index contributed by atoms with van der Waals surface area (Å²) < 4.78 is 0. The second kappa shape index (κ2) is 6.90. The standard InChI is InChI=1S/C14H21NO2S/c16-14(17)13-6-2-1-4-11(13)10-15-8-7-12-5-3-9-18-12/h3,5,9,11,13,15H,1-2,4,6-8,10H2,(H,16,17). The average Bonchev–Trinajstić information content (AvgIpc) is 2.88. The predicted octanol–water partition coefficient (Wildman–Crippen LogP) is 2.77. The molecule has 1 aliphatic carbocycles. The highest BCUT2D eigenvalue weighted by Crippen LogP contribution is 2.29. The first-order valence-electron chi connectivity index (χ1n) is 6.73. The maximum absolute atomic E-state index is 11.2. The van der Waals surface area contributed by atoms with Crippen LogP contribution in [0.4, 0.5) is 0 Å². The number of hydrogen-bond donors (Lipinski definition) is 2. The summed E-state index contributed by atoms with van der Waals surface area (Å²) in [5.41, 5.74) is 0. The molecule has 1 aliphatic rings. The lowest BCUT2D eigenvalue weighted by Gasteiger charge is -2.28. The lowest BCUT2D eigenvalue weighted by atomic mass is 9.79. The lowest BCUT2D eigenvalue weighted by Crippen LogP contribution is -2.35. The zero-order valence-electron chi connectivity index (χ0n) is 10.6. The predicted molar refractivity (Wildman–Crippen MR) is 74.0 cm³/mol. The van der Waals surface area contributed by atoms with Crippen LogP contribution in [0.2, 0.25) is 0 Å². The Balaban J connectivity index is 1.69. The first-order valence-corrected chi connectivity index (χ1v) is 7.61. The Labute approximate surface area is 112 Å². The second-order valence-corrected chi connectivity index (χ2v) is 6.06. The molecule has 2 atom stereocenters. The Morgan fingerprint density at radius 1 is 1.44 bits per heavy atom. The summed E-state index contributed by atoms with van der Waals surface area (Å²) in [6.45, 7) is 1.80. The van der Waals surface area contributed by atoms with Crippen LogP contribution in [0.25, 0.3) is 0 Å². The molecule has 0 radical (unpaired) electrons. The molecular formula is C14H21NO2S. The van der Waals surface area contributed by atoms with Crippen LogP contribution in [0.5, 0.6) is 0 Å². The summed E-state index contributed by atoms with van der Waals surface area (Å²) in [5.74, 6) is -0.424. The van der Waals surface area contributed by atoms with Crippen LogP contribution in [0.1, 0.15) is 30.6 Å². The van der Waals surface area contributed by atoms with Gasteiger partial charge in [-0.3, -0.25) is 4.79 Å². The van der Waals surface area contributed by atoms with Crippen molar-refractivity contribution in [2.24, 2.45) is 11.8 Å². The number of hydrogen-bond acceptors (Lipinski definition) is 3. The molecule has 1 aromatic heterocycles. The fourth-order valence-corrected chi connectivity index (χ4v) is 3.44. The van der Waals surface area contributed by atoms with E-state index >= 15 is 0 Å². The van der Waals surface area contributed by atoms with Crippen molar-refractivity contribution in [1.29, 1.82) is 0 Å². The fourth-order valence-electron chi connectivity index (χ4n) is 2.73. The van der Waals surface area contributed by atoms with Crippen LogP contribution in [-0.2, 0) is 11.2 Å². The average molecular weight is 267 g/mol. The van der Waals surface area contributed by atoms with Crippen LogP contribution < -0.4 is 5.32 Å². The van der Waals surface area contributed by atoms with Gasteiger partial charge in [0.1, 0.15) is 0 Å². The van der Waals surface area contributed by atoms with Gasteiger partial charge < -0.3 is 10.4 Å². The fraction of sp³-hybridized carbons (Fsp3) is 0.643. The third-order valence-electron chi connectivity index (χ3n) is 3.76. The molecule has 2 unspecified atom stereocenters. The maximum atomic E-state index is 11.2. The van der Waals surface area contributed by atoms with E-state index in [2.05, 4.69) is 22.8 Å². The van der Waals surface area contributed by atoms with Gasteiger partial charge in [0.2, 0.25) is 0 Å². The Bertz CT molecular complexity index is 364. The van der Waals surface area contributed by atoms with E-state index < -0.39 is 5.97 Å². The number of rotatable bonds is 6. The van der Waals surface area contributed by atoms with Gasteiger partial charge in [0.15, 0.2) is 0 Å². The summed E-state index contributed by atoms with van der Waals surface area (Å²) in [7, 11) is 0. The molecule has 2 N–H and O–H groups in total. The zero-order chi connectivity index (χ0) is 12.8. The summed E-state index contributed by atoms with van der Waals surface area (Å²) in [4.78, 5) is 12.5. The van der Waals surface area contributed by atoms with E-state index in [-0.39, 0.29) is 5.92 Å². The highest BCUT2D eigenvalue weighted by atomic mass is 32.1. The largest absolute Gasteiger partial charge is 0.481 e. The molecule has 1 saturated carbocycles. The van der Waals surface area contributed by atoms with Crippen LogP contribution >= 0.6 is 11.3 Å². The van der Waals surface area contributed by atoms with Gasteiger partial charge in [0.05, 0.1) is 5.92 Å². The van der Waals surface area contributed by atoms with E-state index in [4.69, 9.17) is 0 Å². The zero-order valence-corrected chi connectivity index (χ0v) is 11.4. The van der Waals surface area contributed by atoms with Crippen molar-refractivity contribution >= 4 is 17.3 Å². The summed E-state index contributed by atoms with van der Waals surface area (Å²) in [6, 6.07) is 4.22. The van der Waals surface area contributed by atoms with Crippen molar-refractivity contribution in [2.45, 2.75) is 32.1 Å². The van der Waals surface area contributed by atoms with Crippen LogP contribution in [0.15, 0.2) is 17.5 Å². The topological polar surface area (TPSA) is 49.3 Å². The first kappa shape index (κ1) is 13.6. The van der Waals surface area contributed by atoms with Crippen molar-refractivity contribution in [3.05, 3.63) is 22.4 Å². The quantitative estimate of drug-likeness (QED) is 0.779. The number of carboxylic acids is 1. The molecule has 0 amide bonds. The van der Waals surface area contributed by atoms with Crippen LogP contribution in [-0.4, -0.2) is 24.2 Å². The molecule has 1 aromatic rings. The molecule has 100 valence electrons. The summed E-state index contributed by atoms with van der Waals surface area (Å²) >= 11 is 1.78. The number of thiophene rings is 1. The Kier molecular flexibility index (Phi) is 5.20. The lowest BCUT2D eigenvalue weighted by molar-refractivity contribution is -0.144. The van der Waals surface area contributed by atoms with Gasteiger partial charge in [-0.2, -0.15) is 0 Å². The van der Waals surface area contributed by atoms with E-state index in [9.17, 15) is 9.90 Å². The van der Waals surface area contributed by atoms with Crippen molar-refractivity contribution in [1.82, 2.24) is 5.32 Å². The SMILES string of the molecule is O=C(O)C1CCCCC1CNCCc1cccs1. The molecule has 0 aliphatic heterocycles. The highest BCUT2D eigenvalue weighted by Gasteiger charge is 2.30. The minimum absolute atomic E-state index is 0.131. The molecule has 0 bridgehead atoms. The molecule has 18 heavy (non-hydrogen) atoms. The Morgan fingerprint density at radius 2 is 2.28 bits per heavy atom. The first-order chi connectivity index (χ1) is 8.77.